The summed E-state index contributed by atoms with van der Waals surface area (Å²) in [7, 11) is 0. The van der Waals surface area contributed by atoms with Crippen molar-refractivity contribution in [2.75, 3.05) is 11.9 Å². The molecule has 1 unspecified atom stereocenters. The first-order valence-corrected chi connectivity index (χ1v) is 7.79. The Morgan fingerprint density at radius 2 is 2.10 bits per heavy atom. The third-order valence-electron chi connectivity index (χ3n) is 3.89. The van der Waals surface area contributed by atoms with Crippen molar-refractivity contribution in [3.05, 3.63) is 42.2 Å². The van der Waals surface area contributed by atoms with Gasteiger partial charge < -0.3 is 5.32 Å². The van der Waals surface area contributed by atoms with Gasteiger partial charge in [0, 0.05) is 23.5 Å². The van der Waals surface area contributed by atoms with Gasteiger partial charge in [0.05, 0.1) is 6.17 Å². The highest BCUT2D eigenvalue weighted by Gasteiger charge is 2.31. The predicted molar refractivity (Wildman–Crippen MR) is 79.7 cm³/mol. The fraction of sp³-hybridized carbons (Fsp3) is 0.333. The number of aromatic nitrogens is 2. The molecule has 2 aliphatic heterocycles. The van der Waals surface area contributed by atoms with E-state index in [9.17, 15) is 0 Å². The molecule has 1 saturated heterocycles. The third-order valence-corrected chi connectivity index (χ3v) is 4.94. The molecule has 4 rings (SSSR count). The Bertz CT molecular complexity index is 617. The average Bonchev–Trinajstić information content (AvgIpc) is 2.94. The van der Waals surface area contributed by atoms with Gasteiger partial charge in [0.15, 0.2) is 0 Å². The van der Waals surface area contributed by atoms with Crippen molar-refractivity contribution >= 4 is 17.6 Å². The second-order valence-corrected chi connectivity index (χ2v) is 6.26. The number of anilines is 1. The van der Waals surface area contributed by atoms with Gasteiger partial charge in [-0.1, -0.05) is 30.0 Å². The molecule has 0 spiro atoms. The van der Waals surface area contributed by atoms with Gasteiger partial charge in [-0.2, -0.15) is 0 Å². The van der Waals surface area contributed by atoms with Crippen LogP contribution in [0.2, 0.25) is 0 Å². The second-order valence-electron chi connectivity index (χ2n) is 5.19. The predicted octanol–water partition coefficient (Wildman–Crippen LogP) is 2.98. The molecule has 1 N–H and O–H groups in total. The van der Waals surface area contributed by atoms with E-state index in [-0.39, 0.29) is 0 Å². The standard InChI is InChI=1S/C15H16N4S/c1-2-5-11(6-3-1)20-15-12-9-19-8-4-7-13(19)18-14(12)16-10-17-15/h1-3,5-6,10,13H,4,7-9H2,(H,16,17,18). The Hall–Kier alpha value is -1.59. The highest BCUT2D eigenvalue weighted by atomic mass is 32.2. The lowest BCUT2D eigenvalue weighted by atomic mass is 10.2. The highest BCUT2D eigenvalue weighted by Crippen LogP contribution is 2.36. The summed E-state index contributed by atoms with van der Waals surface area (Å²) in [6.07, 6.45) is 4.61. The monoisotopic (exact) mass is 284 g/mol. The van der Waals surface area contributed by atoms with E-state index in [1.807, 2.05) is 6.07 Å². The number of hydrogen-bond acceptors (Lipinski definition) is 5. The molecule has 1 aromatic carbocycles. The molecule has 0 bridgehead atoms. The van der Waals surface area contributed by atoms with Crippen LogP contribution >= 0.6 is 11.8 Å². The van der Waals surface area contributed by atoms with Crippen LogP contribution in [0.15, 0.2) is 46.6 Å². The Morgan fingerprint density at radius 3 is 3.00 bits per heavy atom. The van der Waals surface area contributed by atoms with E-state index in [4.69, 9.17) is 0 Å². The fourth-order valence-electron chi connectivity index (χ4n) is 2.89. The first kappa shape index (κ1) is 12.2. The normalized spacial score (nSPS) is 21.1. The summed E-state index contributed by atoms with van der Waals surface area (Å²) in [5, 5.41) is 4.62. The number of hydrogen-bond donors (Lipinski definition) is 1. The lowest BCUT2D eigenvalue weighted by Crippen LogP contribution is -2.40. The molecule has 2 aliphatic rings. The molecule has 0 amide bonds. The minimum atomic E-state index is 0.465. The van der Waals surface area contributed by atoms with Crippen LogP contribution in [0, 0.1) is 0 Å². The van der Waals surface area contributed by atoms with Crippen LogP contribution in [0.3, 0.4) is 0 Å². The van der Waals surface area contributed by atoms with Crippen molar-refractivity contribution in [2.24, 2.45) is 0 Å². The van der Waals surface area contributed by atoms with E-state index in [0.717, 1.165) is 17.4 Å². The largest absolute Gasteiger partial charge is 0.354 e. The summed E-state index contributed by atoms with van der Waals surface area (Å²) < 4.78 is 0. The zero-order valence-electron chi connectivity index (χ0n) is 11.1. The molecular formula is C15H16N4S. The summed E-state index contributed by atoms with van der Waals surface area (Å²) in [4.78, 5) is 12.6. The van der Waals surface area contributed by atoms with Crippen LogP contribution in [0.4, 0.5) is 5.82 Å². The van der Waals surface area contributed by atoms with E-state index < -0.39 is 0 Å². The number of nitrogens with zero attached hydrogens (tertiary/aromatic N) is 3. The summed E-state index contributed by atoms with van der Waals surface area (Å²) >= 11 is 1.72. The van der Waals surface area contributed by atoms with Gasteiger partial charge in [-0.05, 0) is 25.0 Å². The van der Waals surface area contributed by atoms with Crippen molar-refractivity contribution in [1.29, 1.82) is 0 Å². The Morgan fingerprint density at radius 1 is 1.20 bits per heavy atom. The maximum absolute atomic E-state index is 4.49. The molecule has 20 heavy (non-hydrogen) atoms. The number of rotatable bonds is 2. The number of fused-ring (bicyclic) bond motifs is 2. The van der Waals surface area contributed by atoms with Crippen molar-refractivity contribution in [1.82, 2.24) is 14.9 Å². The summed E-state index contributed by atoms with van der Waals surface area (Å²) in [5.41, 5.74) is 1.24. The van der Waals surface area contributed by atoms with Gasteiger partial charge in [0.25, 0.3) is 0 Å². The van der Waals surface area contributed by atoms with Crippen LogP contribution in [0.1, 0.15) is 18.4 Å². The minimum Gasteiger partial charge on any atom is -0.354 e. The van der Waals surface area contributed by atoms with Crippen molar-refractivity contribution in [3.63, 3.8) is 0 Å². The van der Waals surface area contributed by atoms with E-state index >= 15 is 0 Å². The molecule has 1 atom stereocenters. The van der Waals surface area contributed by atoms with Gasteiger partial charge in [-0.3, -0.25) is 4.90 Å². The van der Waals surface area contributed by atoms with Crippen LogP contribution in [0.25, 0.3) is 0 Å². The van der Waals surface area contributed by atoms with Crippen LogP contribution < -0.4 is 5.32 Å². The van der Waals surface area contributed by atoms with Crippen molar-refractivity contribution in [3.8, 4) is 0 Å². The Labute approximate surface area is 122 Å². The lowest BCUT2D eigenvalue weighted by Gasteiger charge is -2.32. The van der Waals surface area contributed by atoms with Gasteiger partial charge >= 0.3 is 0 Å². The molecule has 4 nitrogen and oxygen atoms in total. The quantitative estimate of drug-likeness (QED) is 0.859. The summed E-state index contributed by atoms with van der Waals surface area (Å²) in [6, 6.07) is 10.4. The van der Waals surface area contributed by atoms with Crippen molar-refractivity contribution in [2.45, 2.75) is 35.5 Å². The summed E-state index contributed by atoms with van der Waals surface area (Å²) in [6.45, 7) is 2.13. The molecule has 0 saturated carbocycles. The molecule has 0 aliphatic carbocycles. The molecular weight excluding hydrogens is 268 g/mol. The SMILES string of the molecule is c1ccc(Sc2ncnc3c2CN2CCCC2N3)cc1. The van der Waals surface area contributed by atoms with Crippen LogP contribution in [-0.2, 0) is 6.54 Å². The van der Waals surface area contributed by atoms with Gasteiger partial charge in [-0.25, -0.2) is 9.97 Å². The first-order valence-electron chi connectivity index (χ1n) is 6.97. The topological polar surface area (TPSA) is 41.1 Å². The average molecular weight is 284 g/mol. The zero-order valence-corrected chi connectivity index (χ0v) is 11.9. The van der Waals surface area contributed by atoms with E-state index in [1.165, 1.54) is 29.8 Å². The maximum Gasteiger partial charge on any atom is 0.136 e. The molecule has 1 fully saturated rings. The first-order chi connectivity index (χ1) is 9.90. The van der Waals surface area contributed by atoms with E-state index in [2.05, 4.69) is 44.5 Å². The maximum atomic E-state index is 4.49. The third kappa shape index (κ3) is 2.17. The van der Waals surface area contributed by atoms with E-state index in [0.29, 0.717) is 6.17 Å². The fourth-order valence-corrected chi connectivity index (χ4v) is 3.79. The molecule has 0 radical (unpaired) electrons. The van der Waals surface area contributed by atoms with Gasteiger partial charge in [-0.15, -0.1) is 0 Å². The van der Waals surface area contributed by atoms with Crippen molar-refractivity contribution < 1.29 is 0 Å². The Balaban J connectivity index is 1.67. The smallest absolute Gasteiger partial charge is 0.136 e. The minimum absolute atomic E-state index is 0.465. The molecule has 1 aromatic heterocycles. The number of nitrogens with one attached hydrogen (secondary N) is 1. The molecule has 102 valence electrons. The zero-order chi connectivity index (χ0) is 13.4. The molecule has 3 heterocycles. The highest BCUT2D eigenvalue weighted by molar-refractivity contribution is 7.99. The molecule has 2 aromatic rings. The summed E-state index contributed by atoms with van der Waals surface area (Å²) in [5.74, 6) is 1.02. The van der Waals surface area contributed by atoms with Gasteiger partial charge in [0.1, 0.15) is 17.2 Å². The van der Waals surface area contributed by atoms with E-state index in [1.54, 1.807) is 18.1 Å². The Kier molecular flexibility index (Phi) is 3.09. The number of benzene rings is 1. The van der Waals surface area contributed by atoms with Gasteiger partial charge in [0.2, 0.25) is 0 Å². The lowest BCUT2D eigenvalue weighted by molar-refractivity contribution is 0.252. The van der Waals surface area contributed by atoms with Crippen LogP contribution in [0.5, 0.6) is 0 Å². The van der Waals surface area contributed by atoms with Crippen LogP contribution in [-0.4, -0.2) is 27.6 Å². The molecule has 5 heteroatoms. The second kappa shape index (κ2) is 5.07.